The first-order valence-corrected chi connectivity index (χ1v) is 6.37. The summed E-state index contributed by atoms with van der Waals surface area (Å²) in [4.78, 5) is 10.5. The van der Waals surface area contributed by atoms with Crippen LogP contribution in [0.4, 0.5) is 5.69 Å². The minimum Gasteiger partial charge on any atom is -0.481 e. The van der Waals surface area contributed by atoms with Crippen LogP contribution in [0.1, 0.15) is 51.0 Å². The molecule has 0 saturated carbocycles. The summed E-state index contributed by atoms with van der Waals surface area (Å²) in [6, 6.07) is 0.455. The van der Waals surface area contributed by atoms with Gasteiger partial charge >= 0.3 is 5.97 Å². The lowest BCUT2D eigenvalue weighted by atomic mass is 10.1. The van der Waals surface area contributed by atoms with E-state index in [1.807, 2.05) is 25.5 Å². The molecule has 5 nitrogen and oxygen atoms in total. The van der Waals surface area contributed by atoms with Crippen molar-refractivity contribution in [2.24, 2.45) is 0 Å². The number of carboxylic acids is 1. The predicted molar refractivity (Wildman–Crippen MR) is 72.0 cm³/mol. The Labute approximate surface area is 108 Å². The van der Waals surface area contributed by atoms with E-state index in [-0.39, 0.29) is 12.5 Å². The number of anilines is 1. The van der Waals surface area contributed by atoms with Crippen molar-refractivity contribution < 1.29 is 9.90 Å². The van der Waals surface area contributed by atoms with Crippen LogP contribution in [0.25, 0.3) is 0 Å². The van der Waals surface area contributed by atoms with Crippen molar-refractivity contribution in [2.45, 2.75) is 59.5 Å². The molecule has 1 aromatic heterocycles. The Morgan fingerprint density at radius 1 is 1.39 bits per heavy atom. The third-order valence-corrected chi connectivity index (χ3v) is 3.00. The van der Waals surface area contributed by atoms with Crippen LogP contribution in [-0.4, -0.2) is 26.9 Å². The molecule has 0 spiro atoms. The highest BCUT2D eigenvalue weighted by Gasteiger charge is 2.15. The molecule has 18 heavy (non-hydrogen) atoms. The third-order valence-electron chi connectivity index (χ3n) is 3.00. The number of nitrogens with zero attached hydrogens (tertiary/aromatic N) is 2. The van der Waals surface area contributed by atoms with Gasteiger partial charge in [-0.3, -0.25) is 9.48 Å². The second kappa shape index (κ2) is 5.89. The molecule has 0 radical (unpaired) electrons. The van der Waals surface area contributed by atoms with Crippen molar-refractivity contribution in [1.82, 2.24) is 9.78 Å². The molecule has 0 amide bonds. The SMILES string of the molecule is Cc1nn(C(C)C)c(C)c1NC(C)CCC(=O)O. The van der Waals surface area contributed by atoms with Crippen molar-refractivity contribution in [3.05, 3.63) is 11.4 Å². The van der Waals surface area contributed by atoms with E-state index < -0.39 is 5.97 Å². The second-order valence-electron chi connectivity index (χ2n) is 5.06. The van der Waals surface area contributed by atoms with Crippen LogP contribution in [0, 0.1) is 13.8 Å². The fourth-order valence-electron chi connectivity index (χ4n) is 2.03. The number of aromatic nitrogens is 2. The van der Waals surface area contributed by atoms with E-state index in [1.165, 1.54) is 0 Å². The minimum absolute atomic E-state index is 0.128. The summed E-state index contributed by atoms with van der Waals surface area (Å²) in [5.41, 5.74) is 3.09. The van der Waals surface area contributed by atoms with Crippen molar-refractivity contribution in [3.63, 3.8) is 0 Å². The van der Waals surface area contributed by atoms with Crippen LogP contribution in [-0.2, 0) is 4.79 Å². The Hall–Kier alpha value is -1.52. The number of carbonyl (C=O) groups is 1. The second-order valence-corrected chi connectivity index (χ2v) is 5.06. The van der Waals surface area contributed by atoms with Crippen LogP contribution in [0.15, 0.2) is 0 Å². The molecule has 1 unspecified atom stereocenters. The van der Waals surface area contributed by atoms with Gasteiger partial charge in [-0.25, -0.2) is 0 Å². The molecule has 0 aliphatic carbocycles. The maximum Gasteiger partial charge on any atom is 0.303 e. The molecular formula is C13H23N3O2. The van der Waals surface area contributed by atoms with E-state index in [4.69, 9.17) is 5.11 Å². The zero-order valence-electron chi connectivity index (χ0n) is 11.8. The summed E-state index contributed by atoms with van der Waals surface area (Å²) < 4.78 is 1.99. The van der Waals surface area contributed by atoms with E-state index in [9.17, 15) is 4.79 Å². The van der Waals surface area contributed by atoms with Crippen molar-refractivity contribution >= 4 is 11.7 Å². The zero-order valence-corrected chi connectivity index (χ0v) is 11.8. The van der Waals surface area contributed by atoms with Gasteiger partial charge in [0.2, 0.25) is 0 Å². The first kappa shape index (κ1) is 14.5. The van der Waals surface area contributed by atoms with Crippen LogP contribution >= 0.6 is 0 Å². The Kier molecular flexibility index (Phi) is 4.76. The highest BCUT2D eigenvalue weighted by molar-refractivity contribution is 5.66. The van der Waals surface area contributed by atoms with Gasteiger partial charge in [0.15, 0.2) is 0 Å². The van der Waals surface area contributed by atoms with Gasteiger partial charge in [0.1, 0.15) is 0 Å². The van der Waals surface area contributed by atoms with E-state index in [0.717, 1.165) is 17.1 Å². The number of hydrogen-bond acceptors (Lipinski definition) is 3. The predicted octanol–water partition coefficient (Wildman–Crippen LogP) is 2.75. The molecule has 1 heterocycles. The standard InChI is InChI=1S/C13H23N3O2/c1-8(2)16-11(5)13(10(4)15-16)14-9(3)6-7-12(17)18/h8-9,14H,6-7H2,1-5H3,(H,17,18). The van der Waals surface area contributed by atoms with E-state index in [0.29, 0.717) is 12.5 Å². The minimum atomic E-state index is -0.755. The smallest absolute Gasteiger partial charge is 0.303 e. The highest BCUT2D eigenvalue weighted by atomic mass is 16.4. The van der Waals surface area contributed by atoms with E-state index in [1.54, 1.807) is 0 Å². The molecule has 0 bridgehead atoms. The van der Waals surface area contributed by atoms with Crippen LogP contribution in [0.2, 0.25) is 0 Å². The highest BCUT2D eigenvalue weighted by Crippen LogP contribution is 2.23. The Morgan fingerprint density at radius 3 is 2.44 bits per heavy atom. The van der Waals surface area contributed by atoms with Crippen molar-refractivity contribution in [1.29, 1.82) is 0 Å². The van der Waals surface area contributed by atoms with Crippen molar-refractivity contribution in [3.8, 4) is 0 Å². The molecule has 0 aliphatic heterocycles. The van der Waals surface area contributed by atoms with E-state index in [2.05, 4.69) is 24.3 Å². The average molecular weight is 253 g/mol. The van der Waals surface area contributed by atoms with Gasteiger partial charge in [-0.2, -0.15) is 5.10 Å². The first-order valence-electron chi connectivity index (χ1n) is 6.37. The monoisotopic (exact) mass is 253 g/mol. The summed E-state index contributed by atoms with van der Waals surface area (Å²) >= 11 is 0. The Morgan fingerprint density at radius 2 is 2.00 bits per heavy atom. The van der Waals surface area contributed by atoms with Crippen LogP contribution in [0.5, 0.6) is 0 Å². The summed E-state index contributed by atoms with van der Waals surface area (Å²) in [6.45, 7) is 10.2. The largest absolute Gasteiger partial charge is 0.481 e. The van der Waals surface area contributed by atoms with Gasteiger partial charge in [0.05, 0.1) is 17.1 Å². The molecular weight excluding hydrogens is 230 g/mol. The molecule has 102 valence electrons. The molecule has 1 atom stereocenters. The molecule has 1 aromatic rings. The summed E-state index contributed by atoms with van der Waals surface area (Å²) in [7, 11) is 0. The molecule has 0 aliphatic rings. The van der Waals surface area contributed by atoms with Gasteiger partial charge in [-0.1, -0.05) is 0 Å². The quantitative estimate of drug-likeness (QED) is 0.818. The Bertz CT molecular complexity index is 424. The average Bonchev–Trinajstić information content (AvgIpc) is 2.54. The number of hydrogen-bond donors (Lipinski definition) is 2. The fourth-order valence-corrected chi connectivity index (χ4v) is 2.03. The maximum atomic E-state index is 10.5. The molecule has 2 N–H and O–H groups in total. The number of aryl methyl sites for hydroxylation is 1. The first-order chi connectivity index (χ1) is 8.32. The Balaban J connectivity index is 2.75. The number of aliphatic carboxylic acids is 1. The maximum absolute atomic E-state index is 10.5. The molecule has 5 heteroatoms. The van der Waals surface area contributed by atoms with Crippen LogP contribution in [0.3, 0.4) is 0 Å². The lowest BCUT2D eigenvalue weighted by Crippen LogP contribution is -2.17. The van der Waals surface area contributed by atoms with Gasteiger partial charge in [0, 0.05) is 18.5 Å². The van der Waals surface area contributed by atoms with Gasteiger partial charge in [0.25, 0.3) is 0 Å². The number of rotatable bonds is 6. The van der Waals surface area contributed by atoms with Crippen molar-refractivity contribution in [2.75, 3.05) is 5.32 Å². The topological polar surface area (TPSA) is 67.2 Å². The molecule has 1 rings (SSSR count). The van der Waals surface area contributed by atoms with Crippen LogP contribution < -0.4 is 5.32 Å². The fraction of sp³-hybridized carbons (Fsp3) is 0.692. The summed E-state index contributed by atoms with van der Waals surface area (Å²) in [6.07, 6.45) is 0.797. The lowest BCUT2D eigenvalue weighted by molar-refractivity contribution is -0.137. The molecule has 0 fully saturated rings. The zero-order chi connectivity index (χ0) is 13.9. The third kappa shape index (κ3) is 3.48. The summed E-state index contributed by atoms with van der Waals surface area (Å²) in [5.74, 6) is -0.755. The molecule has 0 aromatic carbocycles. The number of nitrogens with one attached hydrogen (secondary N) is 1. The normalized spacial score (nSPS) is 12.8. The van der Waals surface area contributed by atoms with Gasteiger partial charge in [-0.05, 0) is 41.0 Å². The summed E-state index contributed by atoms with van der Waals surface area (Å²) in [5, 5.41) is 16.5. The lowest BCUT2D eigenvalue weighted by Gasteiger charge is -2.15. The van der Waals surface area contributed by atoms with Gasteiger partial charge < -0.3 is 10.4 Å². The van der Waals surface area contributed by atoms with E-state index >= 15 is 0 Å². The van der Waals surface area contributed by atoms with Gasteiger partial charge in [-0.15, -0.1) is 0 Å². The molecule has 0 saturated heterocycles. The number of carboxylic acid groups (broad SMARTS) is 1.